The van der Waals surface area contributed by atoms with E-state index in [4.69, 9.17) is 10.00 Å². The highest BCUT2D eigenvalue weighted by molar-refractivity contribution is 5.96. The number of nitriles is 1. The molecule has 0 aliphatic carbocycles. The summed E-state index contributed by atoms with van der Waals surface area (Å²) in [6.45, 7) is 1.82. The average molecular weight is 268 g/mol. The third kappa shape index (κ3) is 2.89. The quantitative estimate of drug-likeness (QED) is 0.925. The molecule has 0 saturated carbocycles. The molecule has 1 atom stereocenters. The van der Waals surface area contributed by atoms with Gasteiger partial charge in [-0.3, -0.25) is 4.79 Å². The standard InChI is InChI=1S/C16H16N2O2/c1-3-11(10-17)16(19)18-14-6-4-13-9-15(20-2)7-5-12(13)8-14/h4-9,11H,3H2,1-2H3,(H,18,19). The highest BCUT2D eigenvalue weighted by atomic mass is 16.5. The lowest BCUT2D eigenvalue weighted by Crippen LogP contribution is -2.20. The van der Waals surface area contributed by atoms with Gasteiger partial charge in [0.05, 0.1) is 13.2 Å². The van der Waals surface area contributed by atoms with Crippen molar-refractivity contribution in [3.05, 3.63) is 36.4 Å². The van der Waals surface area contributed by atoms with Crippen LogP contribution in [0.2, 0.25) is 0 Å². The van der Waals surface area contributed by atoms with E-state index in [-0.39, 0.29) is 5.91 Å². The molecule has 0 bridgehead atoms. The monoisotopic (exact) mass is 268 g/mol. The number of amides is 1. The van der Waals surface area contributed by atoms with Gasteiger partial charge in [0, 0.05) is 5.69 Å². The average Bonchev–Trinajstić information content (AvgIpc) is 2.48. The Hall–Kier alpha value is -2.54. The smallest absolute Gasteiger partial charge is 0.241 e. The normalized spacial score (nSPS) is 11.7. The maximum Gasteiger partial charge on any atom is 0.241 e. The van der Waals surface area contributed by atoms with Gasteiger partial charge in [-0.25, -0.2) is 0 Å². The predicted octanol–water partition coefficient (Wildman–Crippen LogP) is 3.34. The lowest BCUT2D eigenvalue weighted by molar-refractivity contribution is -0.118. The van der Waals surface area contributed by atoms with E-state index in [1.54, 1.807) is 7.11 Å². The number of hydrogen-bond donors (Lipinski definition) is 1. The van der Waals surface area contributed by atoms with Crippen molar-refractivity contribution in [3.8, 4) is 11.8 Å². The molecule has 0 fully saturated rings. The Labute approximate surface area is 118 Å². The van der Waals surface area contributed by atoms with Crippen molar-refractivity contribution in [3.63, 3.8) is 0 Å². The number of carbonyl (C=O) groups is 1. The second kappa shape index (κ2) is 6.07. The van der Waals surface area contributed by atoms with Crippen molar-refractivity contribution in [2.45, 2.75) is 13.3 Å². The minimum Gasteiger partial charge on any atom is -0.497 e. The summed E-state index contributed by atoms with van der Waals surface area (Å²) < 4.78 is 5.17. The van der Waals surface area contributed by atoms with Crippen LogP contribution in [-0.2, 0) is 4.79 Å². The fourth-order valence-corrected chi connectivity index (χ4v) is 1.99. The molecule has 0 heterocycles. The largest absolute Gasteiger partial charge is 0.497 e. The van der Waals surface area contributed by atoms with Gasteiger partial charge in [0.15, 0.2) is 0 Å². The first-order valence-corrected chi connectivity index (χ1v) is 6.46. The summed E-state index contributed by atoms with van der Waals surface area (Å²) in [6, 6.07) is 13.4. The molecule has 2 rings (SSSR count). The minimum absolute atomic E-state index is 0.261. The molecule has 0 aliphatic rings. The molecule has 4 heteroatoms. The van der Waals surface area contributed by atoms with E-state index in [2.05, 4.69) is 5.32 Å². The van der Waals surface area contributed by atoms with E-state index in [0.717, 1.165) is 16.5 Å². The van der Waals surface area contributed by atoms with Gasteiger partial charge in [-0.15, -0.1) is 0 Å². The van der Waals surface area contributed by atoms with Gasteiger partial charge in [-0.1, -0.05) is 19.1 Å². The molecule has 0 aromatic heterocycles. The SMILES string of the molecule is CCC(C#N)C(=O)Nc1ccc2cc(OC)ccc2c1. The van der Waals surface area contributed by atoms with Crippen LogP contribution in [-0.4, -0.2) is 13.0 Å². The van der Waals surface area contributed by atoms with Crippen molar-refractivity contribution >= 4 is 22.4 Å². The zero-order chi connectivity index (χ0) is 14.5. The zero-order valence-electron chi connectivity index (χ0n) is 11.5. The van der Waals surface area contributed by atoms with Crippen LogP contribution in [0.1, 0.15) is 13.3 Å². The maximum atomic E-state index is 11.9. The number of methoxy groups -OCH3 is 1. The Bertz CT molecular complexity index is 674. The summed E-state index contributed by atoms with van der Waals surface area (Å²) in [5, 5.41) is 13.7. The van der Waals surface area contributed by atoms with Gasteiger partial charge in [-0.05, 0) is 41.5 Å². The summed E-state index contributed by atoms with van der Waals surface area (Å²) in [7, 11) is 1.63. The van der Waals surface area contributed by atoms with Crippen molar-refractivity contribution in [1.82, 2.24) is 0 Å². The van der Waals surface area contributed by atoms with Crippen LogP contribution in [0.3, 0.4) is 0 Å². The Morgan fingerprint density at radius 1 is 1.30 bits per heavy atom. The van der Waals surface area contributed by atoms with E-state index >= 15 is 0 Å². The first-order valence-electron chi connectivity index (χ1n) is 6.46. The molecule has 2 aromatic carbocycles. The van der Waals surface area contributed by atoms with E-state index in [0.29, 0.717) is 12.1 Å². The van der Waals surface area contributed by atoms with Gasteiger partial charge in [0.2, 0.25) is 5.91 Å². The van der Waals surface area contributed by atoms with Gasteiger partial charge in [0.25, 0.3) is 0 Å². The van der Waals surface area contributed by atoms with E-state index in [1.807, 2.05) is 49.4 Å². The van der Waals surface area contributed by atoms with Gasteiger partial charge >= 0.3 is 0 Å². The third-order valence-electron chi connectivity index (χ3n) is 3.20. The second-order valence-electron chi connectivity index (χ2n) is 4.51. The summed E-state index contributed by atoms with van der Waals surface area (Å²) >= 11 is 0. The molecule has 20 heavy (non-hydrogen) atoms. The lowest BCUT2D eigenvalue weighted by Gasteiger charge is -2.09. The van der Waals surface area contributed by atoms with Crippen LogP contribution in [0.4, 0.5) is 5.69 Å². The van der Waals surface area contributed by atoms with Crippen LogP contribution in [0.5, 0.6) is 5.75 Å². The summed E-state index contributed by atoms with van der Waals surface area (Å²) in [5.41, 5.74) is 0.696. The van der Waals surface area contributed by atoms with Crippen molar-refractivity contribution < 1.29 is 9.53 Å². The van der Waals surface area contributed by atoms with E-state index < -0.39 is 5.92 Å². The van der Waals surface area contributed by atoms with E-state index in [1.165, 1.54) is 0 Å². The van der Waals surface area contributed by atoms with Crippen molar-refractivity contribution in [1.29, 1.82) is 5.26 Å². The van der Waals surface area contributed by atoms with Crippen LogP contribution in [0.25, 0.3) is 10.8 Å². The first-order chi connectivity index (χ1) is 9.67. The number of carbonyl (C=O) groups excluding carboxylic acids is 1. The molecular formula is C16H16N2O2. The molecule has 0 saturated heterocycles. The second-order valence-corrected chi connectivity index (χ2v) is 4.51. The predicted molar refractivity (Wildman–Crippen MR) is 78.5 cm³/mol. The van der Waals surface area contributed by atoms with E-state index in [9.17, 15) is 4.79 Å². The Morgan fingerprint density at radius 3 is 2.65 bits per heavy atom. The molecule has 0 radical (unpaired) electrons. The molecule has 2 aromatic rings. The van der Waals surface area contributed by atoms with Gasteiger partial charge in [-0.2, -0.15) is 5.26 Å². The minimum atomic E-state index is -0.610. The Kier molecular flexibility index (Phi) is 4.21. The molecule has 1 unspecified atom stereocenters. The van der Waals surface area contributed by atoms with Gasteiger partial charge < -0.3 is 10.1 Å². The Morgan fingerprint density at radius 2 is 2.00 bits per heavy atom. The van der Waals surface area contributed by atoms with Crippen LogP contribution in [0, 0.1) is 17.2 Å². The zero-order valence-corrected chi connectivity index (χ0v) is 11.5. The maximum absolute atomic E-state index is 11.9. The number of rotatable bonds is 4. The fourth-order valence-electron chi connectivity index (χ4n) is 1.99. The van der Waals surface area contributed by atoms with Crippen molar-refractivity contribution in [2.75, 3.05) is 12.4 Å². The Balaban J connectivity index is 2.24. The number of anilines is 1. The number of ether oxygens (including phenoxy) is 1. The molecule has 4 nitrogen and oxygen atoms in total. The number of nitrogens with zero attached hydrogens (tertiary/aromatic N) is 1. The number of hydrogen-bond acceptors (Lipinski definition) is 3. The number of fused-ring (bicyclic) bond motifs is 1. The fraction of sp³-hybridized carbons (Fsp3) is 0.250. The highest BCUT2D eigenvalue weighted by Gasteiger charge is 2.15. The van der Waals surface area contributed by atoms with Crippen LogP contribution in [0.15, 0.2) is 36.4 Å². The highest BCUT2D eigenvalue weighted by Crippen LogP contribution is 2.24. The molecule has 0 aliphatic heterocycles. The summed E-state index contributed by atoms with van der Waals surface area (Å²) in [5.74, 6) is -0.0748. The molecule has 0 spiro atoms. The van der Waals surface area contributed by atoms with Crippen LogP contribution >= 0.6 is 0 Å². The molecule has 1 amide bonds. The number of benzene rings is 2. The van der Waals surface area contributed by atoms with Crippen molar-refractivity contribution in [2.24, 2.45) is 5.92 Å². The molecule has 102 valence electrons. The van der Waals surface area contributed by atoms with Gasteiger partial charge in [0.1, 0.15) is 11.7 Å². The first kappa shape index (κ1) is 13.9. The number of nitrogens with one attached hydrogen (secondary N) is 1. The lowest BCUT2D eigenvalue weighted by atomic mass is 10.1. The summed E-state index contributed by atoms with van der Waals surface area (Å²) in [6.07, 6.45) is 0.507. The molecular weight excluding hydrogens is 252 g/mol. The van der Waals surface area contributed by atoms with Crippen LogP contribution < -0.4 is 10.1 Å². The summed E-state index contributed by atoms with van der Waals surface area (Å²) in [4.78, 5) is 11.9. The molecule has 1 N–H and O–H groups in total. The third-order valence-corrected chi connectivity index (χ3v) is 3.20. The topological polar surface area (TPSA) is 62.1 Å².